The molecule has 3 rings (SSSR count). The van der Waals surface area contributed by atoms with Crippen LogP contribution in [0, 0.1) is 0 Å². The fraction of sp³-hybridized carbons (Fsp3) is 0.417. The zero-order valence-corrected chi connectivity index (χ0v) is 19.2. The zero-order valence-electron chi connectivity index (χ0n) is 19.2. The quantitative estimate of drug-likeness (QED) is 0.461. The van der Waals surface area contributed by atoms with Crippen molar-refractivity contribution in [3.8, 4) is 17.2 Å². The van der Waals surface area contributed by atoms with Crippen molar-refractivity contribution in [3.63, 3.8) is 0 Å². The summed E-state index contributed by atoms with van der Waals surface area (Å²) in [6, 6.07) is 12.1. The molecule has 1 fully saturated rings. The molecule has 0 saturated carbocycles. The highest BCUT2D eigenvalue weighted by molar-refractivity contribution is 5.79. The van der Waals surface area contributed by atoms with E-state index in [1.54, 1.807) is 28.4 Å². The summed E-state index contributed by atoms with van der Waals surface area (Å²) in [7, 11) is 6.52. The molecule has 2 aromatic rings. The lowest BCUT2D eigenvalue weighted by Gasteiger charge is -2.17. The third-order valence-electron chi connectivity index (χ3n) is 5.40. The molecule has 0 aromatic heterocycles. The van der Waals surface area contributed by atoms with Gasteiger partial charge in [0, 0.05) is 39.6 Å². The number of hydrogen-bond acceptors (Lipinski definition) is 5. The van der Waals surface area contributed by atoms with Crippen LogP contribution in [0.4, 0.5) is 0 Å². The van der Waals surface area contributed by atoms with Crippen molar-refractivity contribution >= 4 is 11.9 Å². The number of nitrogens with zero attached hydrogens (tertiary/aromatic N) is 2. The van der Waals surface area contributed by atoms with E-state index in [9.17, 15) is 4.79 Å². The first-order valence-corrected chi connectivity index (χ1v) is 10.7. The summed E-state index contributed by atoms with van der Waals surface area (Å²) in [5, 5.41) is 6.65. The lowest BCUT2D eigenvalue weighted by atomic mass is 10.1. The number of likely N-dealkylation sites (tertiary alicyclic amines) is 1. The highest BCUT2D eigenvalue weighted by atomic mass is 16.5. The van der Waals surface area contributed by atoms with Gasteiger partial charge >= 0.3 is 0 Å². The van der Waals surface area contributed by atoms with Crippen molar-refractivity contribution in [2.24, 2.45) is 4.99 Å². The summed E-state index contributed by atoms with van der Waals surface area (Å²) in [5.41, 5.74) is 3.24. The number of rotatable bonds is 9. The van der Waals surface area contributed by atoms with Crippen molar-refractivity contribution in [3.05, 3.63) is 53.1 Å². The standard InChI is InChI=1S/C24H32N4O4/c1-25-24(27-15-19-12-20(30-2)23(32-4)21(13-19)31-3)26-14-17-7-5-8-18(11-17)16-28-10-6-9-22(28)29/h5,7-8,11-13H,6,9-10,14-16H2,1-4H3,(H2,25,26,27). The second-order valence-electron chi connectivity index (χ2n) is 7.55. The molecule has 8 nitrogen and oxygen atoms in total. The molecule has 1 aliphatic heterocycles. The van der Waals surface area contributed by atoms with Gasteiger partial charge in [-0.1, -0.05) is 24.3 Å². The minimum atomic E-state index is 0.241. The van der Waals surface area contributed by atoms with Gasteiger partial charge in [0.15, 0.2) is 17.5 Å². The van der Waals surface area contributed by atoms with Crippen molar-refractivity contribution in [2.75, 3.05) is 34.9 Å². The van der Waals surface area contributed by atoms with Crippen LogP contribution in [0.3, 0.4) is 0 Å². The van der Waals surface area contributed by atoms with E-state index < -0.39 is 0 Å². The summed E-state index contributed by atoms with van der Waals surface area (Å²) >= 11 is 0. The Morgan fingerprint density at radius 3 is 2.19 bits per heavy atom. The number of aliphatic imine (C=N–C) groups is 1. The first-order valence-electron chi connectivity index (χ1n) is 10.7. The molecule has 2 N–H and O–H groups in total. The third kappa shape index (κ3) is 5.84. The SMILES string of the molecule is CN=C(NCc1cccc(CN2CCCC2=O)c1)NCc1cc(OC)c(OC)c(OC)c1. The van der Waals surface area contributed by atoms with E-state index in [4.69, 9.17) is 14.2 Å². The molecule has 172 valence electrons. The van der Waals surface area contributed by atoms with Gasteiger partial charge in [0.05, 0.1) is 21.3 Å². The molecule has 1 heterocycles. The summed E-state index contributed by atoms with van der Waals surface area (Å²) in [6.45, 7) is 2.67. The Balaban J connectivity index is 1.58. The van der Waals surface area contributed by atoms with Crippen molar-refractivity contribution < 1.29 is 19.0 Å². The molecule has 1 aliphatic rings. The fourth-order valence-electron chi connectivity index (χ4n) is 3.76. The Hall–Kier alpha value is -3.42. The molecule has 0 aliphatic carbocycles. The fourth-order valence-corrected chi connectivity index (χ4v) is 3.76. The van der Waals surface area contributed by atoms with E-state index in [2.05, 4.69) is 33.8 Å². The second-order valence-corrected chi connectivity index (χ2v) is 7.55. The number of ether oxygens (including phenoxy) is 3. The Kier molecular flexibility index (Phi) is 8.19. The normalized spacial score (nSPS) is 13.8. The van der Waals surface area contributed by atoms with Gasteiger partial charge in [0.25, 0.3) is 0 Å². The van der Waals surface area contributed by atoms with E-state index >= 15 is 0 Å². The summed E-state index contributed by atoms with van der Waals surface area (Å²) < 4.78 is 16.2. The molecule has 0 unspecified atom stereocenters. The van der Waals surface area contributed by atoms with E-state index in [-0.39, 0.29) is 5.91 Å². The molecule has 32 heavy (non-hydrogen) atoms. The number of carbonyl (C=O) groups is 1. The topological polar surface area (TPSA) is 84.4 Å². The molecule has 2 aromatic carbocycles. The van der Waals surface area contributed by atoms with Gasteiger partial charge in [0.1, 0.15) is 0 Å². The average Bonchev–Trinajstić information content (AvgIpc) is 3.22. The first-order chi connectivity index (χ1) is 15.6. The molecule has 0 spiro atoms. The zero-order chi connectivity index (χ0) is 22.9. The number of amides is 1. The van der Waals surface area contributed by atoms with Crippen molar-refractivity contribution in [2.45, 2.75) is 32.5 Å². The number of carbonyl (C=O) groups excluding carboxylic acids is 1. The number of hydrogen-bond donors (Lipinski definition) is 2. The molecule has 8 heteroatoms. The van der Waals surface area contributed by atoms with Crippen LogP contribution < -0.4 is 24.8 Å². The van der Waals surface area contributed by atoms with Gasteiger partial charge in [-0.3, -0.25) is 9.79 Å². The number of benzene rings is 2. The van der Waals surface area contributed by atoms with Gasteiger partial charge in [0.2, 0.25) is 11.7 Å². The van der Waals surface area contributed by atoms with Crippen LogP contribution >= 0.6 is 0 Å². The smallest absolute Gasteiger partial charge is 0.222 e. The van der Waals surface area contributed by atoms with Crippen LogP contribution in [0.1, 0.15) is 29.5 Å². The van der Waals surface area contributed by atoms with Gasteiger partial charge in [-0.2, -0.15) is 0 Å². The second kappa shape index (κ2) is 11.3. The molecule has 0 atom stereocenters. The van der Waals surface area contributed by atoms with E-state index in [0.29, 0.717) is 49.3 Å². The molecule has 1 amide bonds. The average molecular weight is 441 g/mol. The molecular formula is C24H32N4O4. The molecule has 0 bridgehead atoms. The summed E-state index contributed by atoms with van der Waals surface area (Å²) in [6.07, 6.45) is 1.61. The minimum Gasteiger partial charge on any atom is -0.493 e. The van der Waals surface area contributed by atoms with Crippen LogP contribution in [0.5, 0.6) is 17.2 Å². The highest BCUT2D eigenvalue weighted by Crippen LogP contribution is 2.38. The van der Waals surface area contributed by atoms with Crippen LogP contribution in [0.2, 0.25) is 0 Å². The largest absolute Gasteiger partial charge is 0.493 e. The Labute approximate surface area is 189 Å². The van der Waals surface area contributed by atoms with Gasteiger partial charge in [-0.25, -0.2) is 0 Å². The monoisotopic (exact) mass is 440 g/mol. The van der Waals surface area contributed by atoms with Gasteiger partial charge < -0.3 is 29.7 Å². The van der Waals surface area contributed by atoms with Crippen molar-refractivity contribution in [1.29, 1.82) is 0 Å². The molecule has 1 saturated heterocycles. The number of guanidine groups is 1. The highest BCUT2D eigenvalue weighted by Gasteiger charge is 2.20. The van der Waals surface area contributed by atoms with E-state index in [1.165, 1.54) is 0 Å². The third-order valence-corrected chi connectivity index (χ3v) is 5.40. The number of methoxy groups -OCH3 is 3. The Bertz CT molecular complexity index is 936. The summed E-state index contributed by atoms with van der Waals surface area (Å²) in [5.74, 6) is 2.71. The summed E-state index contributed by atoms with van der Waals surface area (Å²) in [4.78, 5) is 18.1. The number of nitrogens with one attached hydrogen (secondary N) is 2. The van der Waals surface area contributed by atoms with Crippen molar-refractivity contribution in [1.82, 2.24) is 15.5 Å². The molecule has 0 radical (unpaired) electrons. The van der Waals surface area contributed by atoms with E-state index in [0.717, 1.165) is 29.7 Å². The Morgan fingerprint density at radius 2 is 1.62 bits per heavy atom. The van der Waals surface area contributed by atoms with Crippen LogP contribution in [-0.4, -0.2) is 51.7 Å². The van der Waals surface area contributed by atoms with Gasteiger partial charge in [-0.15, -0.1) is 0 Å². The maximum Gasteiger partial charge on any atom is 0.222 e. The minimum absolute atomic E-state index is 0.241. The van der Waals surface area contributed by atoms with E-state index in [1.807, 2.05) is 23.1 Å². The lowest BCUT2D eigenvalue weighted by Crippen LogP contribution is -2.36. The van der Waals surface area contributed by atoms with Crippen LogP contribution in [0.25, 0.3) is 0 Å². The predicted molar refractivity (Wildman–Crippen MR) is 124 cm³/mol. The maximum atomic E-state index is 11.9. The van der Waals surface area contributed by atoms with Crippen LogP contribution in [0.15, 0.2) is 41.4 Å². The molecular weight excluding hydrogens is 408 g/mol. The first kappa shape index (κ1) is 23.2. The predicted octanol–water partition coefficient (Wildman–Crippen LogP) is 2.70. The maximum absolute atomic E-state index is 11.9. The lowest BCUT2D eigenvalue weighted by molar-refractivity contribution is -0.128. The van der Waals surface area contributed by atoms with Gasteiger partial charge in [-0.05, 0) is 35.2 Å². The van der Waals surface area contributed by atoms with Crippen LogP contribution in [-0.2, 0) is 24.4 Å². The Morgan fingerprint density at radius 1 is 0.969 bits per heavy atom.